The van der Waals surface area contributed by atoms with Crippen LogP contribution in [0.5, 0.6) is 0 Å². The number of hydrogen-bond acceptors (Lipinski definition) is 5. The molecule has 0 bridgehead atoms. The standard InChI is InChI=1S/C9H15N5/c10-7-8-1-2-12-13-9(8)14-5-3-11-4-6-14/h1-2,11H,3-7,10H2. The first kappa shape index (κ1) is 9.36. The van der Waals surface area contributed by atoms with E-state index < -0.39 is 0 Å². The molecule has 76 valence electrons. The smallest absolute Gasteiger partial charge is 0.155 e. The van der Waals surface area contributed by atoms with Gasteiger partial charge in [-0.25, -0.2) is 0 Å². The summed E-state index contributed by atoms with van der Waals surface area (Å²) in [6, 6.07) is 1.93. The molecule has 0 spiro atoms. The molecule has 0 radical (unpaired) electrons. The summed E-state index contributed by atoms with van der Waals surface area (Å²) in [5.41, 5.74) is 6.72. The molecule has 1 aliphatic rings. The van der Waals surface area contributed by atoms with Crippen LogP contribution in [0.25, 0.3) is 0 Å². The fourth-order valence-corrected chi connectivity index (χ4v) is 1.65. The van der Waals surface area contributed by atoms with Crippen LogP contribution in [-0.2, 0) is 6.54 Å². The van der Waals surface area contributed by atoms with Gasteiger partial charge in [0.05, 0.1) is 6.20 Å². The van der Waals surface area contributed by atoms with Crippen molar-refractivity contribution in [1.29, 1.82) is 0 Å². The Morgan fingerprint density at radius 1 is 1.43 bits per heavy atom. The maximum atomic E-state index is 5.65. The van der Waals surface area contributed by atoms with Crippen LogP contribution < -0.4 is 16.0 Å². The van der Waals surface area contributed by atoms with Gasteiger partial charge in [-0.05, 0) is 6.07 Å². The summed E-state index contributed by atoms with van der Waals surface area (Å²) in [7, 11) is 0. The lowest BCUT2D eigenvalue weighted by Gasteiger charge is -2.29. The number of anilines is 1. The van der Waals surface area contributed by atoms with Crippen molar-refractivity contribution >= 4 is 5.82 Å². The number of nitrogens with one attached hydrogen (secondary N) is 1. The highest BCUT2D eigenvalue weighted by Gasteiger charge is 2.14. The fraction of sp³-hybridized carbons (Fsp3) is 0.556. The van der Waals surface area contributed by atoms with Gasteiger partial charge in [0.2, 0.25) is 0 Å². The van der Waals surface area contributed by atoms with Crippen molar-refractivity contribution < 1.29 is 0 Å². The van der Waals surface area contributed by atoms with Crippen molar-refractivity contribution in [2.75, 3.05) is 31.1 Å². The van der Waals surface area contributed by atoms with Gasteiger partial charge in [-0.3, -0.25) is 0 Å². The summed E-state index contributed by atoms with van der Waals surface area (Å²) >= 11 is 0. The van der Waals surface area contributed by atoms with E-state index in [9.17, 15) is 0 Å². The molecule has 1 aromatic heterocycles. The molecule has 1 aliphatic heterocycles. The molecule has 0 aliphatic carbocycles. The number of hydrogen-bond donors (Lipinski definition) is 2. The molecule has 14 heavy (non-hydrogen) atoms. The molecule has 5 nitrogen and oxygen atoms in total. The summed E-state index contributed by atoms with van der Waals surface area (Å²) in [6.07, 6.45) is 1.69. The Hall–Kier alpha value is -1.20. The maximum absolute atomic E-state index is 5.65. The highest BCUT2D eigenvalue weighted by Crippen LogP contribution is 2.15. The summed E-state index contributed by atoms with van der Waals surface area (Å²) in [6.45, 7) is 4.48. The van der Waals surface area contributed by atoms with E-state index in [0.29, 0.717) is 6.54 Å². The summed E-state index contributed by atoms with van der Waals surface area (Å²) in [5.74, 6) is 0.941. The second-order valence-corrected chi connectivity index (χ2v) is 3.32. The number of rotatable bonds is 2. The van der Waals surface area contributed by atoms with E-state index in [1.165, 1.54) is 0 Å². The molecular formula is C9H15N5. The summed E-state index contributed by atoms with van der Waals surface area (Å²) < 4.78 is 0. The monoisotopic (exact) mass is 193 g/mol. The van der Waals surface area contributed by atoms with Crippen molar-refractivity contribution in [2.45, 2.75) is 6.54 Å². The molecule has 1 aromatic rings. The first-order valence-electron chi connectivity index (χ1n) is 4.88. The second kappa shape index (κ2) is 4.34. The van der Waals surface area contributed by atoms with Crippen LogP contribution in [0.4, 0.5) is 5.82 Å². The topological polar surface area (TPSA) is 67.1 Å². The van der Waals surface area contributed by atoms with Crippen LogP contribution in [0, 0.1) is 0 Å². The number of piperazine rings is 1. The fourth-order valence-electron chi connectivity index (χ4n) is 1.65. The Kier molecular flexibility index (Phi) is 2.90. The molecule has 1 saturated heterocycles. The van der Waals surface area contributed by atoms with Crippen LogP contribution in [0.3, 0.4) is 0 Å². The van der Waals surface area contributed by atoms with Crippen LogP contribution in [-0.4, -0.2) is 36.4 Å². The lowest BCUT2D eigenvalue weighted by atomic mass is 10.2. The minimum atomic E-state index is 0.523. The Bertz CT molecular complexity index is 295. The second-order valence-electron chi connectivity index (χ2n) is 3.32. The van der Waals surface area contributed by atoms with E-state index in [0.717, 1.165) is 37.6 Å². The van der Waals surface area contributed by atoms with Crippen molar-refractivity contribution in [1.82, 2.24) is 15.5 Å². The third-order valence-electron chi connectivity index (χ3n) is 2.42. The molecule has 0 atom stereocenters. The highest BCUT2D eigenvalue weighted by atomic mass is 15.3. The van der Waals surface area contributed by atoms with Gasteiger partial charge < -0.3 is 16.0 Å². The van der Waals surface area contributed by atoms with Crippen molar-refractivity contribution in [2.24, 2.45) is 5.73 Å². The van der Waals surface area contributed by atoms with Gasteiger partial charge in [0.1, 0.15) is 0 Å². The molecule has 0 amide bonds. The van der Waals surface area contributed by atoms with Crippen LogP contribution in [0.2, 0.25) is 0 Å². The molecule has 0 aromatic carbocycles. The third-order valence-corrected chi connectivity index (χ3v) is 2.42. The molecule has 0 saturated carbocycles. The predicted octanol–water partition coefficient (Wildman–Crippen LogP) is -0.655. The maximum Gasteiger partial charge on any atom is 0.155 e. The Morgan fingerprint density at radius 3 is 2.93 bits per heavy atom. The normalized spacial score (nSPS) is 17.1. The van der Waals surface area contributed by atoms with Crippen LogP contribution >= 0.6 is 0 Å². The van der Waals surface area contributed by atoms with Crippen molar-refractivity contribution in [3.63, 3.8) is 0 Å². The van der Waals surface area contributed by atoms with E-state index in [1.807, 2.05) is 6.07 Å². The van der Waals surface area contributed by atoms with Crippen molar-refractivity contribution in [3.8, 4) is 0 Å². The third kappa shape index (κ3) is 1.83. The molecular weight excluding hydrogens is 178 g/mol. The Morgan fingerprint density at radius 2 is 2.21 bits per heavy atom. The van der Waals surface area contributed by atoms with E-state index in [1.54, 1.807) is 6.20 Å². The van der Waals surface area contributed by atoms with Gasteiger partial charge in [0.25, 0.3) is 0 Å². The van der Waals surface area contributed by atoms with Gasteiger partial charge in [-0.2, -0.15) is 5.10 Å². The zero-order chi connectivity index (χ0) is 9.80. The van der Waals surface area contributed by atoms with Gasteiger partial charge >= 0.3 is 0 Å². The van der Waals surface area contributed by atoms with Gasteiger partial charge in [0.15, 0.2) is 5.82 Å². The lowest BCUT2D eigenvalue weighted by Crippen LogP contribution is -2.44. The van der Waals surface area contributed by atoms with E-state index in [-0.39, 0.29) is 0 Å². The Labute approximate surface area is 83.3 Å². The van der Waals surface area contributed by atoms with Gasteiger partial charge in [0, 0.05) is 38.3 Å². The van der Waals surface area contributed by atoms with E-state index in [4.69, 9.17) is 5.73 Å². The summed E-state index contributed by atoms with van der Waals surface area (Å²) in [5, 5.41) is 11.3. The largest absolute Gasteiger partial charge is 0.352 e. The molecule has 2 rings (SSSR count). The highest BCUT2D eigenvalue weighted by molar-refractivity contribution is 5.45. The first-order valence-corrected chi connectivity index (χ1v) is 4.88. The SMILES string of the molecule is NCc1ccnnc1N1CCNCC1. The lowest BCUT2D eigenvalue weighted by molar-refractivity contribution is 0.580. The number of aromatic nitrogens is 2. The summed E-state index contributed by atoms with van der Waals surface area (Å²) in [4.78, 5) is 2.23. The van der Waals surface area contributed by atoms with Crippen molar-refractivity contribution in [3.05, 3.63) is 17.8 Å². The minimum absolute atomic E-state index is 0.523. The minimum Gasteiger partial charge on any atom is -0.352 e. The van der Waals surface area contributed by atoms with Gasteiger partial charge in [-0.15, -0.1) is 5.10 Å². The average molecular weight is 193 g/mol. The van der Waals surface area contributed by atoms with Gasteiger partial charge in [-0.1, -0.05) is 0 Å². The molecule has 5 heteroatoms. The quantitative estimate of drug-likeness (QED) is 0.653. The van der Waals surface area contributed by atoms with Crippen LogP contribution in [0.15, 0.2) is 12.3 Å². The predicted molar refractivity (Wildman–Crippen MR) is 55.0 cm³/mol. The zero-order valence-electron chi connectivity index (χ0n) is 8.11. The van der Waals surface area contributed by atoms with Crippen LogP contribution in [0.1, 0.15) is 5.56 Å². The molecule has 2 heterocycles. The van der Waals surface area contributed by atoms with E-state index in [2.05, 4.69) is 20.4 Å². The average Bonchev–Trinajstić information content (AvgIpc) is 2.30. The first-order chi connectivity index (χ1) is 6.92. The number of nitrogens with two attached hydrogens (primary N) is 1. The molecule has 3 N–H and O–H groups in total. The molecule has 0 unspecified atom stereocenters. The molecule has 1 fully saturated rings. The number of nitrogens with zero attached hydrogens (tertiary/aromatic N) is 3. The zero-order valence-corrected chi connectivity index (χ0v) is 8.11. The van der Waals surface area contributed by atoms with E-state index >= 15 is 0 Å². The Balaban J connectivity index is 2.20.